The number of Topliss-reactive ketones (excluding diaryl/α,β-unsaturated/α-hetero) is 1. The summed E-state index contributed by atoms with van der Waals surface area (Å²) < 4.78 is 35.9. The molecule has 0 spiro atoms. The summed E-state index contributed by atoms with van der Waals surface area (Å²) in [6, 6.07) is -0.950. The van der Waals surface area contributed by atoms with E-state index >= 15 is 0 Å². The zero-order chi connectivity index (χ0) is 10.9. The minimum atomic E-state index is -4.30. The molecule has 0 aromatic heterocycles. The molecule has 3 nitrogen and oxygen atoms in total. The van der Waals surface area contributed by atoms with Crippen LogP contribution >= 0.6 is 0 Å². The van der Waals surface area contributed by atoms with E-state index in [9.17, 15) is 22.8 Å². The summed E-state index contributed by atoms with van der Waals surface area (Å²) in [6.07, 6.45) is -5.63. The molecule has 1 aliphatic rings. The third-order valence-electron chi connectivity index (χ3n) is 2.07. The molecule has 0 aromatic rings. The van der Waals surface area contributed by atoms with Gasteiger partial charge in [0, 0.05) is 6.04 Å². The van der Waals surface area contributed by atoms with Crippen LogP contribution in [-0.2, 0) is 9.59 Å². The third kappa shape index (κ3) is 2.71. The molecule has 0 aromatic carbocycles. The van der Waals surface area contributed by atoms with Gasteiger partial charge in [-0.2, -0.15) is 13.2 Å². The van der Waals surface area contributed by atoms with E-state index in [4.69, 9.17) is 0 Å². The lowest BCUT2D eigenvalue weighted by molar-refractivity contribution is -0.151. The van der Waals surface area contributed by atoms with E-state index in [1.807, 2.05) is 0 Å². The van der Waals surface area contributed by atoms with Crippen LogP contribution in [0.3, 0.4) is 0 Å². The van der Waals surface area contributed by atoms with Crippen molar-refractivity contribution in [3.05, 3.63) is 0 Å². The number of alkyl halides is 3. The number of amides is 1. The molecular weight excluding hydrogens is 199 g/mol. The number of ketones is 1. The molecule has 1 fully saturated rings. The summed E-state index contributed by atoms with van der Waals surface area (Å²) in [5.74, 6) is -0.823. The summed E-state index contributed by atoms with van der Waals surface area (Å²) in [5.41, 5.74) is 0. The van der Waals surface area contributed by atoms with E-state index < -0.39 is 24.5 Å². The van der Waals surface area contributed by atoms with Gasteiger partial charge in [-0.3, -0.25) is 9.59 Å². The maximum atomic E-state index is 12.0. The molecule has 1 atom stereocenters. The van der Waals surface area contributed by atoms with Crippen LogP contribution in [0.1, 0.15) is 19.8 Å². The molecule has 1 unspecified atom stereocenters. The van der Waals surface area contributed by atoms with Crippen molar-refractivity contribution in [1.29, 1.82) is 0 Å². The molecule has 0 saturated carbocycles. The minimum absolute atomic E-state index is 0.184. The summed E-state index contributed by atoms with van der Waals surface area (Å²) in [4.78, 5) is 22.8. The maximum absolute atomic E-state index is 12.0. The standard InChI is InChI=1S/C8H10F3NO2/c1-5(3-8(9,10)11)12-4-6(13)2-7(12)14/h5H,2-4H2,1H3. The van der Waals surface area contributed by atoms with Gasteiger partial charge in [0.15, 0.2) is 5.78 Å². The Morgan fingerprint density at radius 2 is 2.00 bits per heavy atom. The molecule has 1 aliphatic heterocycles. The first-order valence-electron chi connectivity index (χ1n) is 4.17. The lowest BCUT2D eigenvalue weighted by Gasteiger charge is -2.24. The summed E-state index contributed by atoms with van der Waals surface area (Å²) >= 11 is 0. The lowest BCUT2D eigenvalue weighted by atomic mass is 10.2. The zero-order valence-corrected chi connectivity index (χ0v) is 7.60. The van der Waals surface area contributed by atoms with Gasteiger partial charge in [-0.25, -0.2) is 0 Å². The van der Waals surface area contributed by atoms with Crippen molar-refractivity contribution in [2.24, 2.45) is 0 Å². The van der Waals surface area contributed by atoms with E-state index in [-0.39, 0.29) is 18.7 Å². The van der Waals surface area contributed by atoms with Crippen molar-refractivity contribution in [2.45, 2.75) is 32.0 Å². The fraction of sp³-hybridized carbons (Fsp3) is 0.750. The van der Waals surface area contributed by atoms with Crippen LogP contribution in [0.5, 0.6) is 0 Å². The van der Waals surface area contributed by atoms with Gasteiger partial charge >= 0.3 is 6.18 Å². The number of hydrogen-bond donors (Lipinski definition) is 0. The quantitative estimate of drug-likeness (QED) is 0.639. The van der Waals surface area contributed by atoms with E-state index in [0.717, 1.165) is 4.90 Å². The molecule has 1 heterocycles. The SMILES string of the molecule is CC(CC(F)(F)F)N1CC(=O)CC1=O. The number of rotatable bonds is 2. The average Bonchev–Trinajstić information content (AvgIpc) is 2.26. The number of likely N-dealkylation sites (tertiary alicyclic amines) is 1. The highest BCUT2D eigenvalue weighted by atomic mass is 19.4. The van der Waals surface area contributed by atoms with Crippen LogP contribution < -0.4 is 0 Å². The summed E-state index contributed by atoms with van der Waals surface area (Å²) in [5, 5.41) is 0. The van der Waals surface area contributed by atoms with Crippen molar-refractivity contribution in [1.82, 2.24) is 4.90 Å². The highest BCUT2D eigenvalue weighted by Crippen LogP contribution is 2.25. The molecule has 0 N–H and O–H groups in total. The lowest BCUT2D eigenvalue weighted by Crippen LogP contribution is -2.37. The molecule has 6 heteroatoms. The normalized spacial score (nSPS) is 20.4. The van der Waals surface area contributed by atoms with Gasteiger partial charge in [-0.1, -0.05) is 0 Å². The van der Waals surface area contributed by atoms with E-state index in [0.29, 0.717) is 0 Å². The predicted octanol–water partition coefficient (Wildman–Crippen LogP) is 1.13. The van der Waals surface area contributed by atoms with Crippen LogP contribution in [0.2, 0.25) is 0 Å². The molecule has 0 aliphatic carbocycles. The number of halogens is 3. The molecule has 1 amide bonds. The van der Waals surface area contributed by atoms with Crippen LogP contribution in [0.25, 0.3) is 0 Å². The van der Waals surface area contributed by atoms with Crippen LogP contribution in [-0.4, -0.2) is 35.4 Å². The molecule has 80 valence electrons. The summed E-state index contributed by atoms with van der Waals surface area (Å²) in [6.45, 7) is 1.11. The molecule has 14 heavy (non-hydrogen) atoms. The second-order valence-electron chi connectivity index (χ2n) is 3.41. The van der Waals surface area contributed by atoms with Crippen molar-refractivity contribution < 1.29 is 22.8 Å². The Kier molecular flexibility index (Phi) is 2.82. The third-order valence-corrected chi connectivity index (χ3v) is 2.07. The van der Waals surface area contributed by atoms with Crippen LogP contribution in [0, 0.1) is 0 Å². The van der Waals surface area contributed by atoms with E-state index in [1.165, 1.54) is 6.92 Å². The van der Waals surface area contributed by atoms with E-state index in [2.05, 4.69) is 0 Å². The highest BCUT2D eigenvalue weighted by Gasteiger charge is 2.37. The molecule has 0 radical (unpaired) electrons. The first-order chi connectivity index (χ1) is 6.29. The minimum Gasteiger partial charge on any atom is -0.332 e. The fourth-order valence-corrected chi connectivity index (χ4v) is 1.45. The smallest absolute Gasteiger partial charge is 0.332 e. The topological polar surface area (TPSA) is 37.4 Å². The van der Waals surface area contributed by atoms with Crippen molar-refractivity contribution >= 4 is 11.7 Å². The first kappa shape index (κ1) is 11.0. The Balaban J connectivity index is 2.57. The number of carbonyl (C=O) groups is 2. The predicted molar refractivity (Wildman–Crippen MR) is 41.5 cm³/mol. The van der Waals surface area contributed by atoms with Crippen molar-refractivity contribution in [3.63, 3.8) is 0 Å². The monoisotopic (exact) mass is 209 g/mol. The molecule has 1 saturated heterocycles. The fourth-order valence-electron chi connectivity index (χ4n) is 1.45. The number of nitrogens with zero attached hydrogens (tertiary/aromatic N) is 1. The molecular formula is C8H10F3NO2. The van der Waals surface area contributed by atoms with Gasteiger partial charge in [-0.05, 0) is 6.92 Å². The largest absolute Gasteiger partial charge is 0.391 e. The Hall–Kier alpha value is -1.07. The number of carbonyl (C=O) groups excluding carboxylic acids is 2. The molecule has 1 rings (SSSR count). The zero-order valence-electron chi connectivity index (χ0n) is 7.60. The van der Waals surface area contributed by atoms with Crippen molar-refractivity contribution in [3.8, 4) is 0 Å². The Morgan fingerprint density at radius 1 is 1.43 bits per heavy atom. The van der Waals surface area contributed by atoms with E-state index in [1.54, 1.807) is 0 Å². The highest BCUT2D eigenvalue weighted by molar-refractivity contribution is 6.05. The van der Waals surface area contributed by atoms with Gasteiger partial charge in [0.25, 0.3) is 0 Å². The second kappa shape index (κ2) is 3.59. The maximum Gasteiger partial charge on any atom is 0.391 e. The second-order valence-corrected chi connectivity index (χ2v) is 3.41. The Bertz CT molecular complexity index is 262. The Morgan fingerprint density at radius 3 is 2.36 bits per heavy atom. The van der Waals surface area contributed by atoms with Gasteiger partial charge in [0.05, 0.1) is 19.4 Å². The van der Waals surface area contributed by atoms with Crippen LogP contribution in [0.15, 0.2) is 0 Å². The Labute approximate surface area is 78.9 Å². The number of hydrogen-bond acceptors (Lipinski definition) is 2. The van der Waals surface area contributed by atoms with Gasteiger partial charge < -0.3 is 4.90 Å². The van der Waals surface area contributed by atoms with Gasteiger partial charge in [0.1, 0.15) is 0 Å². The van der Waals surface area contributed by atoms with Crippen molar-refractivity contribution in [2.75, 3.05) is 6.54 Å². The summed E-state index contributed by atoms with van der Waals surface area (Å²) in [7, 11) is 0. The van der Waals surface area contributed by atoms with Crippen LogP contribution in [0.4, 0.5) is 13.2 Å². The molecule has 0 bridgehead atoms. The first-order valence-corrected chi connectivity index (χ1v) is 4.17. The van der Waals surface area contributed by atoms with Gasteiger partial charge in [0.2, 0.25) is 5.91 Å². The van der Waals surface area contributed by atoms with Gasteiger partial charge in [-0.15, -0.1) is 0 Å². The average molecular weight is 209 g/mol.